The Hall–Kier alpha value is -0.940. The molecule has 94 valence electrons. The number of amides is 1. The van der Waals surface area contributed by atoms with Gasteiger partial charge in [0, 0.05) is 29.5 Å². The number of aromatic nitrogens is 1. The van der Waals surface area contributed by atoms with Crippen molar-refractivity contribution < 1.29 is 4.79 Å². The molecule has 0 aliphatic carbocycles. The number of nitrogens with zero attached hydrogens (tertiary/aromatic N) is 2. The van der Waals surface area contributed by atoms with Crippen LogP contribution >= 0.6 is 15.9 Å². The summed E-state index contributed by atoms with van der Waals surface area (Å²) in [4.78, 5) is 17.6. The zero-order valence-corrected chi connectivity index (χ0v) is 12.0. The molecular formula is C12H18BrN3O. The zero-order valence-electron chi connectivity index (χ0n) is 10.4. The number of likely N-dealkylation sites (N-methyl/N-ethyl adjacent to an activating group) is 1. The standard InChI is InChI=1S/C12H18BrN3O/c1-9(2)15-12(17)8-16(3)7-10-4-11(13)6-14-5-10/h4-6,9H,7-8H2,1-3H3,(H,15,17). The van der Waals surface area contributed by atoms with Crippen LogP contribution in [0.3, 0.4) is 0 Å². The molecule has 0 unspecified atom stereocenters. The topological polar surface area (TPSA) is 45.2 Å². The second kappa shape index (κ2) is 6.71. The Kier molecular flexibility index (Phi) is 5.58. The summed E-state index contributed by atoms with van der Waals surface area (Å²) in [5.41, 5.74) is 1.08. The fourth-order valence-electron chi connectivity index (χ4n) is 1.52. The van der Waals surface area contributed by atoms with Crippen LogP contribution in [0, 0.1) is 0 Å². The lowest BCUT2D eigenvalue weighted by Gasteiger charge is -2.17. The molecule has 4 nitrogen and oxygen atoms in total. The van der Waals surface area contributed by atoms with Crippen LogP contribution in [0.5, 0.6) is 0 Å². The van der Waals surface area contributed by atoms with E-state index in [-0.39, 0.29) is 11.9 Å². The molecule has 0 saturated carbocycles. The number of carbonyl (C=O) groups is 1. The molecule has 1 aromatic rings. The molecule has 1 heterocycles. The fraction of sp³-hybridized carbons (Fsp3) is 0.500. The fourth-order valence-corrected chi connectivity index (χ4v) is 1.93. The number of carbonyl (C=O) groups excluding carboxylic acids is 1. The first kappa shape index (κ1) is 14.1. The van der Waals surface area contributed by atoms with Crippen molar-refractivity contribution in [1.82, 2.24) is 15.2 Å². The average molecular weight is 300 g/mol. The molecule has 0 fully saturated rings. The Morgan fingerprint density at radius 2 is 2.24 bits per heavy atom. The first-order valence-corrected chi connectivity index (χ1v) is 6.34. The number of rotatable bonds is 5. The first-order valence-electron chi connectivity index (χ1n) is 5.54. The van der Waals surface area contributed by atoms with E-state index in [0.29, 0.717) is 13.1 Å². The lowest BCUT2D eigenvalue weighted by atomic mass is 10.2. The van der Waals surface area contributed by atoms with Crippen molar-refractivity contribution in [3.8, 4) is 0 Å². The summed E-state index contributed by atoms with van der Waals surface area (Å²) in [7, 11) is 1.92. The summed E-state index contributed by atoms with van der Waals surface area (Å²) in [6, 6.07) is 2.19. The Bertz CT molecular complexity index is 382. The van der Waals surface area contributed by atoms with Crippen molar-refractivity contribution in [2.24, 2.45) is 0 Å². The Morgan fingerprint density at radius 3 is 2.82 bits per heavy atom. The van der Waals surface area contributed by atoms with E-state index in [2.05, 4.69) is 26.2 Å². The third kappa shape index (κ3) is 5.79. The van der Waals surface area contributed by atoms with E-state index < -0.39 is 0 Å². The van der Waals surface area contributed by atoms with Crippen molar-refractivity contribution in [2.45, 2.75) is 26.4 Å². The largest absolute Gasteiger partial charge is 0.353 e. The van der Waals surface area contributed by atoms with Gasteiger partial charge in [-0.05, 0) is 48.5 Å². The van der Waals surface area contributed by atoms with Crippen LogP contribution in [0.15, 0.2) is 22.9 Å². The van der Waals surface area contributed by atoms with Gasteiger partial charge in [-0.1, -0.05) is 0 Å². The molecule has 0 spiro atoms. The highest BCUT2D eigenvalue weighted by Crippen LogP contribution is 2.10. The van der Waals surface area contributed by atoms with Gasteiger partial charge in [0.05, 0.1) is 6.54 Å². The maximum absolute atomic E-state index is 11.5. The van der Waals surface area contributed by atoms with Crippen LogP contribution in [0.1, 0.15) is 19.4 Å². The number of halogens is 1. The van der Waals surface area contributed by atoms with Gasteiger partial charge in [-0.2, -0.15) is 0 Å². The highest BCUT2D eigenvalue weighted by Gasteiger charge is 2.08. The molecule has 5 heteroatoms. The van der Waals surface area contributed by atoms with Gasteiger partial charge in [0.2, 0.25) is 5.91 Å². The lowest BCUT2D eigenvalue weighted by Crippen LogP contribution is -2.38. The minimum Gasteiger partial charge on any atom is -0.353 e. The van der Waals surface area contributed by atoms with E-state index in [0.717, 1.165) is 10.0 Å². The summed E-state index contributed by atoms with van der Waals surface area (Å²) in [6.07, 6.45) is 3.55. The minimum absolute atomic E-state index is 0.0467. The van der Waals surface area contributed by atoms with Gasteiger partial charge in [-0.25, -0.2) is 0 Å². The molecule has 1 amide bonds. The third-order valence-electron chi connectivity index (χ3n) is 2.08. The average Bonchev–Trinajstić information content (AvgIpc) is 2.14. The van der Waals surface area contributed by atoms with Crippen LogP contribution in [-0.4, -0.2) is 35.4 Å². The van der Waals surface area contributed by atoms with Crippen molar-refractivity contribution in [2.75, 3.05) is 13.6 Å². The van der Waals surface area contributed by atoms with Crippen molar-refractivity contribution in [3.63, 3.8) is 0 Å². The third-order valence-corrected chi connectivity index (χ3v) is 2.51. The van der Waals surface area contributed by atoms with Crippen molar-refractivity contribution >= 4 is 21.8 Å². The van der Waals surface area contributed by atoms with Gasteiger partial charge in [0.1, 0.15) is 0 Å². The normalized spacial score (nSPS) is 10.9. The SMILES string of the molecule is CC(C)NC(=O)CN(C)Cc1cncc(Br)c1. The second-order valence-corrected chi connectivity index (χ2v) is 5.32. The molecule has 0 atom stereocenters. The summed E-state index contributed by atoms with van der Waals surface area (Å²) in [6.45, 7) is 5.01. The molecule has 17 heavy (non-hydrogen) atoms. The molecule has 0 radical (unpaired) electrons. The summed E-state index contributed by atoms with van der Waals surface area (Å²) in [5.74, 6) is 0.0467. The van der Waals surface area contributed by atoms with Crippen LogP contribution < -0.4 is 5.32 Å². The van der Waals surface area contributed by atoms with Gasteiger partial charge < -0.3 is 5.32 Å². The van der Waals surface area contributed by atoms with Gasteiger partial charge in [0.25, 0.3) is 0 Å². The molecule has 1 rings (SSSR count). The smallest absolute Gasteiger partial charge is 0.234 e. The van der Waals surface area contributed by atoms with E-state index in [1.807, 2.05) is 38.1 Å². The Labute approximate surface area is 111 Å². The van der Waals surface area contributed by atoms with Gasteiger partial charge in [-0.15, -0.1) is 0 Å². The first-order chi connectivity index (χ1) is 7.97. The van der Waals surface area contributed by atoms with E-state index in [1.165, 1.54) is 0 Å². The minimum atomic E-state index is 0.0467. The molecule has 0 aliphatic heterocycles. The maximum atomic E-state index is 11.5. The molecular weight excluding hydrogens is 282 g/mol. The van der Waals surface area contributed by atoms with Crippen LogP contribution in [-0.2, 0) is 11.3 Å². The second-order valence-electron chi connectivity index (χ2n) is 4.41. The number of pyridine rings is 1. The van der Waals surface area contributed by atoms with Gasteiger partial charge in [-0.3, -0.25) is 14.7 Å². The Morgan fingerprint density at radius 1 is 1.53 bits per heavy atom. The maximum Gasteiger partial charge on any atom is 0.234 e. The molecule has 1 N–H and O–H groups in total. The Balaban J connectivity index is 2.44. The summed E-state index contributed by atoms with van der Waals surface area (Å²) >= 11 is 3.38. The van der Waals surface area contributed by atoms with Gasteiger partial charge >= 0.3 is 0 Å². The van der Waals surface area contributed by atoms with Crippen LogP contribution in [0.2, 0.25) is 0 Å². The van der Waals surface area contributed by atoms with Crippen LogP contribution in [0.25, 0.3) is 0 Å². The summed E-state index contributed by atoms with van der Waals surface area (Å²) < 4.78 is 0.954. The highest BCUT2D eigenvalue weighted by molar-refractivity contribution is 9.10. The number of hydrogen-bond donors (Lipinski definition) is 1. The van der Waals surface area contributed by atoms with Crippen LogP contribution in [0.4, 0.5) is 0 Å². The van der Waals surface area contributed by atoms with E-state index in [4.69, 9.17) is 0 Å². The molecule has 0 aromatic carbocycles. The molecule has 0 aliphatic rings. The zero-order chi connectivity index (χ0) is 12.8. The lowest BCUT2D eigenvalue weighted by molar-refractivity contribution is -0.122. The van der Waals surface area contributed by atoms with Crippen molar-refractivity contribution in [3.05, 3.63) is 28.5 Å². The highest BCUT2D eigenvalue weighted by atomic mass is 79.9. The predicted octanol–water partition coefficient (Wildman–Crippen LogP) is 1.80. The number of nitrogens with one attached hydrogen (secondary N) is 1. The monoisotopic (exact) mass is 299 g/mol. The van der Waals surface area contributed by atoms with Crippen molar-refractivity contribution in [1.29, 1.82) is 0 Å². The van der Waals surface area contributed by atoms with Gasteiger partial charge in [0.15, 0.2) is 0 Å². The molecule has 0 saturated heterocycles. The molecule has 0 bridgehead atoms. The van der Waals surface area contributed by atoms with E-state index in [9.17, 15) is 4.79 Å². The van der Waals surface area contributed by atoms with E-state index >= 15 is 0 Å². The molecule has 1 aromatic heterocycles. The quantitative estimate of drug-likeness (QED) is 0.902. The van der Waals surface area contributed by atoms with E-state index in [1.54, 1.807) is 6.20 Å². The summed E-state index contributed by atoms with van der Waals surface area (Å²) in [5, 5.41) is 2.87. The number of hydrogen-bond acceptors (Lipinski definition) is 3. The predicted molar refractivity (Wildman–Crippen MR) is 71.5 cm³/mol.